The number of pyridine rings is 1. The number of nitriles is 1. The van der Waals surface area contributed by atoms with Crippen molar-refractivity contribution in [1.82, 2.24) is 24.7 Å². The van der Waals surface area contributed by atoms with Crippen molar-refractivity contribution in [3.8, 4) is 23.2 Å². The van der Waals surface area contributed by atoms with Gasteiger partial charge in [0.25, 0.3) is 0 Å². The predicted octanol–water partition coefficient (Wildman–Crippen LogP) is 10.3. The summed E-state index contributed by atoms with van der Waals surface area (Å²) >= 11 is 2.47. The smallest absolute Gasteiger partial charge is 0.425 e. The highest BCUT2D eigenvalue weighted by Crippen LogP contribution is 2.59. The summed E-state index contributed by atoms with van der Waals surface area (Å²) in [5, 5.41) is 16.4. The van der Waals surface area contributed by atoms with Crippen molar-refractivity contribution in [3.63, 3.8) is 0 Å². The second kappa shape index (κ2) is 17.0. The van der Waals surface area contributed by atoms with Gasteiger partial charge in [-0.25, -0.2) is 29.1 Å². The molecule has 0 bridgehead atoms. The van der Waals surface area contributed by atoms with Crippen molar-refractivity contribution in [3.05, 3.63) is 51.7 Å². The van der Waals surface area contributed by atoms with Gasteiger partial charge in [-0.2, -0.15) is 25.1 Å². The minimum absolute atomic E-state index is 0.0261. The molecular weight excluding hydrogens is 887 g/mol. The van der Waals surface area contributed by atoms with E-state index in [1.807, 2.05) is 22.8 Å². The topological polar surface area (TPSA) is 204 Å². The van der Waals surface area contributed by atoms with Gasteiger partial charge in [0.15, 0.2) is 16.6 Å². The fourth-order valence-electron chi connectivity index (χ4n) is 8.14. The number of anilines is 3. The third-order valence-corrected chi connectivity index (χ3v) is 12.3. The number of hydrogen-bond acceptors (Lipinski definition) is 17. The van der Waals surface area contributed by atoms with Crippen LogP contribution in [0.15, 0.2) is 29.7 Å². The fourth-order valence-corrected chi connectivity index (χ4v) is 9.83. The summed E-state index contributed by atoms with van der Waals surface area (Å²) in [6.07, 6.45) is 2.81. The van der Waals surface area contributed by atoms with E-state index in [9.17, 15) is 24.4 Å². The Morgan fingerprint density at radius 3 is 2.00 bits per heavy atom. The first-order valence-corrected chi connectivity index (χ1v) is 23.7. The zero-order valence-corrected chi connectivity index (χ0v) is 41.6. The van der Waals surface area contributed by atoms with Gasteiger partial charge in [-0.3, -0.25) is 4.68 Å². The Hall–Kier alpha value is -5.94. The molecule has 3 aliphatic rings. The van der Waals surface area contributed by atoms with Crippen LogP contribution >= 0.6 is 23.1 Å². The van der Waals surface area contributed by atoms with E-state index in [4.69, 9.17) is 38.8 Å². The highest BCUT2D eigenvalue weighted by molar-refractivity contribution is 7.98. The number of hydrogen-bond donors (Lipinski definition) is 0. The molecule has 2 aliphatic heterocycles. The zero-order valence-electron chi connectivity index (χ0n) is 39.9. The number of aromatic nitrogens is 5. The minimum Gasteiger partial charge on any atom is -0.460 e. The monoisotopic (exact) mass is 943 g/mol. The van der Waals surface area contributed by atoms with Gasteiger partial charge in [-0.1, -0.05) is 17.8 Å². The van der Waals surface area contributed by atoms with Crippen LogP contribution in [0.4, 0.5) is 35.8 Å². The van der Waals surface area contributed by atoms with Crippen LogP contribution in [0.25, 0.3) is 11.3 Å². The van der Waals surface area contributed by atoms with Crippen molar-refractivity contribution in [2.75, 3.05) is 27.5 Å². The number of nitrogens with zero attached hydrogens (tertiary/aromatic N) is 9. The van der Waals surface area contributed by atoms with E-state index in [-0.39, 0.29) is 22.3 Å². The molecule has 4 amide bonds. The lowest BCUT2D eigenvalue weighted by Crippen LogP contribution is -2.45. The molecule has 4 aromatic heterocycles. The maximum atomic E-state index is 14.0. The van der Waals surface area contributed by atoms with Crippen molar-refractivity contribution in [2.24, 2.45) is 0 Å². The highest BCUT2D eigenvalue weighted by Gasteiger charge is 2.54. The summed E-state index contributed by atoms with van der Waals surface area (Å²) in [5.41, 5.74) is -2.16. The largest absolute Gasteiger partial charge is 0.460 e. The summed E-state index contributed by atoms with van der Waals surface area (Å²) in [7, 11) is 0. The maximum Gasteiger partial charge on any atom is 0.425 e. The van der Waals surface area contributed by atoms with Gasteiger partial charge in [-0.05, 0) is 122 Å². The molecule has 4 aromatic rings. The van der Waals surface area contributed by atoms with Crippen LogP contribution in [-0.4, -0.2) is 84.3 Å². The molecule has 0 fully saturated rings. The molecule has 0 aromatic carbocycles. The standard InChI is InChI=1S/C46H57N9O9S2/c1-25(26-17-16-20-48-33(26)54(38(56)61-42(2,3)4)39(57)62-43(5,6)7)52-21-22-53-32-28(24-49-53)46(60-35-30(32)34(52)50-37(51-35)65-14)19-15-18-29-31(46)27(23-47)36(66-29)55(40(58)63-44(8,9)10)41(59)64-45(11,12)13/h16-17,20,24-25H,15,18-19,21-22H2,1-14H3. The second-order valence-electron chi connectivity index (χ2n) is 20.2. The third-order valence-electron chi connectivity index (χ3n) is 10.5. The molecule has 0 N–H and O–H groups in total. The Morgan fingerprint density at radius 2 is 1.45 bits per heavy atom. The lowest BCUT2D eigenvalue weighted by Gasteiger charge is -2.41. The predicted molar refractivity (Wildman–Crippen MR) is 248 cm³/mol. The van der Waals surface area contributed by atoms with E-state index < -0.39 is 58.4 Å². The molecule has 0 saturated heterocycles. The number of fused-ring (bicyclic) bond motifs is 3. The molecule has 7 rings (SSSR count). The first kappa shape index (κ1) is 48.0. The number of imide groups is 2. The van der Waals surface area contributed by atoms with E-state index in [0.29, 0.717) is 71.3 Å². The molecule has 1 spiro atoms. The molecule has 2 atom stereocenters. The van der Waals surface area contributed by atoms with Crippen LogP contribution in [0, 0.1) is 11.3 Å². The Bertz CT molecular complexity index is 2590. The molecule has 66 heavy (non-hydrogen) atoms. The molecule has 352 valence electrons. The first-order chi connectivity index (χ1) is 30.7. The molecule has 6 heterocycles. The van der Waals surface area contributed by atoms with Crippen molar-refractivity contribution >= 4 is 64.1 Å². The van der Waals surface area contributed by atoms with Crippen molar-refractivity contribution in [2.45, 2.75) is 155 Å². The number of thiophene rings is 1. The van der Waals surface area contributed by atoms with Gasteiger partial charge in [0.2, 0.25) is 5.88 Å². The van der Waals surface area contributed by atoms with Crippen LogP contribution in [-0.2, 0) is 37.5 Å². The van der Waals surface area contributed by atoms with Crippen LogP contribution in [0.3, 0.4) is 0 Å². The Balaban J connectivity index is 1.38. The number of aryl methyl sites for hydroxylation is 1. The molecule has 1 aliphatic carbocycles. The lowest BCUT2D eigenvalue weighted by molar-refractivity contribution is 0.0408. The summed E-state index contributed by atoms with van der Waals surface area (Å²) in [4.78, 5) is 74.8. The van der Waals surface area contributed by atoms with Crippen molar-refractivity contribution in [1.29, 1.82) is 5.26 Å². The van der Waals surface area contributed by atoms with Gasteiger partial charge in [0.05, 0.1) is 30.0 Å². The number of rotatable bonds is 5. The number of amides is 4. The average molecular weight is 944 g/mol. The highest BCUT2D eigenvalue weighted by atomic mass is 32.2. The van der Waals surface area contributed by atoms with Crippen LogP contribution in [0.1, 0.15) is 136 Å². The Labute approximate surface area is 392 Å². The van der Waals surface area contributed by atoms with Gasteiger partial charge < -0.3 is 28.6 Å². The molecule has 20 heteroatoms. The fraction of sp³-hybridized carbons (Fsp3) is 0.543. The van der Waals surface area contributed by atoms with Crippen LogP contribution < -0.4 is 19.4 Å². The van der Waals surface area contributed by atoms with E-state index in [0.717, 1.165) is 26.0 Å². The summed E-state index contributed by atoms with van der Waals surface area (Å²) in [5.74, 6) is 0.777. The summed E-state index contributed by atoms with van der Waals surface area (Å²) in [6.45, 7) is 23.0. The van der Waals surface area contributed by atoms with E-state index >= 15 is 0 Å². The van der Waals surface area contributed by atoms with Crippen molar-refractivity contribution < 1.29 is 42.9 Å². The maximum absolute atomic E-state index is 14.0. The lowest BCUT2D eigenvalue weighted by atomic mass is 9.74. The van der Waals surface area contributed by atoms with Gasteiger partial charge in [-0.15, -0.1) is 11.3 Å². The Morgan fingerprint density at radius 1 is 0.879 bits per heavy atom. The molecule has 0 saturated carbocycles. The Kier molecular flexibility index (Phi) is 12.4. The second-order valence-corrected chi connectivity index (χ2v) is 22.1. The third kappa shape index (κ3) is 9.24. The van der Waals surface area contributed by atoms with Crippen LogP contribution in [0.5, 0.6) is 5.88 Å². The van der Waals surface area contributed by atoms with E-state index in [2.05, 4.69) is 11.1 Å². The number of ether oxygens (including phenoxy) is 5. The van der Waals surface area contributed by atoms with Gasteiger partial charge in [0.1, 0.15) is 44.9 Å². The van der Waals surface area contributed by atoms with Crippen LogP contribution in [0.2, 0.25) is 0 Å². The number of thioether (sulfide) groups is 1. The number of carbonyl (C=O) groups excluding carboxylic acids is 4. The molecule has 2 unspecified atom stereocenters. The summed E-state index contributed by atoms with van der Waals surface area (Å²) in [6, 6.07) is 5.26. The average Bonchev–Trinajstić information content (AvgIpc) is 3.73. The van der Waals surface area contributed by atoms with E-state index in [1.54, 1.807) is 101 Å². The first-order valence-electron chi connectivity index (χ1n) is 21.7. The molecular formula is C46H57N9O9S2. The summed E-state index contributed by atoms with van der Waals surface area (Å²) < 4.78 is 32.0. The van der Waals surface area contributed by atoms with Gasteiger partial charge >= 0.3 is 24.4 Å². The molecule has 18 nitrogen and oxygen atoms in total. The zero-order chi connectivity index (χ0) is 48.5. The SMILES string of the molecule is CSc1nc2c3c(n1)N(C(C)c1cccnc1N(C(=O)OC(C)(C)C)C(=O)OC(C)(C)C)CCn1ncc(c1-3)C1(CCCc3sc(N(C(=O)OC(C)(C)C)C(=O)OC(C)(C)C)c(C#N)c31)O2. The normalized spacial score (nSPS) is 17.0. The minimum atomic E-state index is -1.32. The number of carbonyl (C=O) groups is 4. The van der Waals surface area contributed by atoms with E-state index in [1.165, 1.54) is 18.0 Å². The quantitative estimate of drug-likeness (QED) is 0.104. The van der Waals surface area contributed by atoms with Gasteiger partial charge in [0, 0.05) is 34.3 Å². The molecule has 0 radical (unpaired) electrons.